The highest BCUT2D eigenvalue weighted by molar-refractivity contribution is 5.93. The minimum absolute atomic E-state index is 0.0152. The average Bonchev–Trinajstić information content (AvgIpc) is 3.21. The molecule has 32 heavy (non-hydrogen) atoms. The first-order valence-electron chi connectivity index (χ1n) is 9.73. The average molecular weight is 447 g/mol. The fraction of sp³-hybridized carbons (Fsp3) is 0.273. The number of alkyl halides is 3. The molecule has 7 nitrogen and oxygen atoms in total. The first-order chi connectivity index (χ1) is 15.1. The maximum atomic E-state index is 12.9. The van der Waals surface area contributed by atoms with Gasteiger partial charge in [0.05, 0.1) is 17.2 Å². The lowest BCUT2D eigenvalue weighted by molar-refractivity contribution is -0.137. The predicted octanol–water partition coefficient (Wildman–Crippen LogP) is 4.89. The number of carbonyl (C=O) groups excluding carboxylic acids is 2. The standard InChI is InChI=1S/C22H20F3N3O4/c1-13(2)31-21(30)14-6-8-17(9-7-14)26-18(29)10-11-19-27-28-20(32-19)15-4-3-5-16(12-15)22(23,24)25/h3-9,12-13H,10-11H2,1-2H3,(H,26,29). The highest BCUT2D eigenvalue weighted by Crippen LogP contribution is 2.31. The molecule has 3 rings (SSSR count). The van der Waals surface area contributed by atoms with Crippen molar-refractivity contribution in [1.29, 1.82) is 0 Å². The number of hydrogen-bond donors (Lipinski definition) is 1. The molecular weight excluding hydrogens is 427 g/mol. The minimum atomic E-state index is -4.48. The molecule has 10 heteroatoms. The maximum absolute atomic E-state index is 12.9. The van der Waals surface area contributed by atoms with Crippen molar-refractivity contribution in [2.24, 2.45) is 0 Å². The van der Waals surface area contributed by atoms with Crippen molar-refractivity contribution in [3.63, 3.8) is 0 Å². The molecule has 1 N–H and O–H groups in total. The predicted molar refractivity (Wildman–Crippen MR) is 109 cm³/mol. The molecule has 0 radical (unpaired) electrons. The summed E-state index contributed by atoms with van der Waals surface area (Å²) in [5.41, 5.74) is 0.174. The van der Waals surface area contributed by atoms with E-state index in [-0.39, 0.29) is 42.2 Å². The van der Waals surface area contributed by atoms with Gasteiger partial charge in [-0.15, -0.1) is 10.2 Å². The summed E-state index contributed by atoms with van der Waals surface area (Å²) in [6, 6.07) is 10.8. The fourth-order valence-corrected chi connectivity index (χ4v) is 2.72. The van der Waals surface area contributed by atoms with Crippen LogP contribution >= 0.6 is 0 Å². The van der Waals surface area contributed by atoms with E-state index in [0.717, 1.165) is 12.1 Å². The highest BCUT2D eigenvalue weighted by Gasteiger charge is 2.30. The normalized spacial score (nSPS) is 11.4. The lowest BCUT2D eigenvalue weighted by Gasteiger charge is -2.09. The van der Waals surface area contributed by atoms with Gasteiger partial charge >= 0.3 is 12.1 Å². The largest absolute Gasteiger partial charge is 0.459 e. The topological polar surface area (TPSA) is 94.3 Å². The van der Waals surface area contributed by atoms with Gasteiger partial charge in [-0.25, -0.2) is 4.79 Å². The van der Waals surface area contributed by atoms with Crippen LogP contribution in [-0.2, 0) is 22.1 Å². The molecule has 0 atom stereocenters. The number of nitrogens with one attached hydrogen (secondary N) is 1. The Kier molecular flexibility index (Phi) is 6.92. The molecule has 0 spiro atoms. The minimum Gasteiger partial charge on any atom is -0.459 e. The Hall–Kier alpha value is -3.69. The number of benzene rings is 2. The first-order valence-corrected chi connectivity index (χ1v) is 9.73. The molecule has 2 aromatic carbocycles. The second-order valence-corrected chi connectivity index (χ2v) is 7.16. The van der Waals surface area contributed by atoms with E-state index < -0.39 is 17.7 Å². The van der Waals surface area contributed by atoms with Crippen LogP contribution in [0.2, 0.25) is 0 Å². The molecule has 0 unspecified atom stereocenters. The zero-order valence-corrected chi connectivity index (χ0v) is 17.3. The van der Waals surface area contributed by atoms with E-state index in [0.29, 0.717) is 11.3 Å². The summed E-state index contributed by atoms with van der Waals surface area (Å²) >= 11 is 0. The van der Waals surface area contributed by atoms with Crippen LogP contribution in [-0.4, -0.2) is 28.2 Å². The van der Waals surface area contributed by atoms with Gasteiger partial charge in [-0.1, -0.05) is 6.07 Å². The zero-order valence-electron chi connectivity index (χ0n) is 17.3. The molecule has 0 fully saturated rings. The molecule has 1 aromatic heterocycles. The molecule has 0 aliphatic rings. The summed E-state index contributed by atoms with van der Waals surface area (Å²) in [5, 5.41) is 10.2. The first kappa shape index (κ1) is 23.0. The number of nitrogens with zero attached hydrogens (tertiary/aromatic N) is 2. The third kappa shape index (κ3) is 6.16. The fourth-order valence-electron chi connectivity index (χ4n) is 2.72. The van der Waals surface area contributed by atoms with Gasteiger partial charge in [-0.3, -0.25) is 4.79 Å². The molecule has 0 aliphatic carbocycles. The summed E-state index contributed by atoms with van der Waals surface area (Å²) in [6.45, 7) is 3.50. The Morgan fingerprint density at radius 1 is 1.09 bits per heavy atom. The van der Waals surface area contributed by atoms with Crippen LogP contribution in [0.1, 0.15) is 42.1 Å². The van der Waals surface area contributed by atoms with Gasteiger partial charge < -0.3 is 14.5 Å². The number of carbonyl (C=O) groups is 2. The Labute approximate surface area is 181 Å². The Morgan fingerprint density at radius 3 is 2.47 bits per heavy atom. The van der Waals surface area contributed by atoms with Gasteiger partial charge in [0.25, 0.3) is 0 Å². The summed E-state index contributed by atoms with van der Waals surface area (Å²) in [6.07, 6.45) is -4.59. The highest BCUT2D eigenvalue weighted by atomic mass is 19.4. The van der Waals surface area contributed by atoms with E-state index >= 15 is 0 Å². The van der Waals surface area contributed by atoms with Gasteiger partial charge in [0.2, 0.25) is 17.7 Å². The third-order valence-electron chi connectivity index (χ3n) is 4.22. The Morgan fingerprint density at radius 2 is 1.81 bits per heavy atom. The number of amides is 1. The molecule has 3 aromatic rings. The van der Waals surface area contributed by atoms with Crippen molar-refractivity contribution in [2.45, 2.75) is 39.0 Å². The van der Waals surface area contributed by atoms with Crippen LogP contribution in [0.3, 0.4) is 0 Å². The Balaban J connectivity index is 1.55. The second kappa shape index (κ2) is 9.63. The quantitative estimate of drug-likeness (QED) is 0.518. The molecule has 168 valence electrons. The van der Waals surface area contributed by atoms with Crippen molar-refractivity contribution >= 4 is 17.6 Å². The van der Waals surface area contributed by atoms with Gasteiger partial charge in [-0.2, -0.15) is 13.2 Å². The lowest BCUT2D eigenvalue weighted by Crippen LogP contribution is -2.13. The molecule has 0 saturated carbocycles. The van der Waals surface area contributed by atoms with Crippen LogP contribution in [0.15, 0.2) is 52.9 Å². The van der Waals surface area contributed by atoms with E-state index in [9.17, 15) is 22.8 Å². The lowest BCUT2D eigenvalue weighted by atomic mass is 10.1. The van der Waals surface area contributed by atoms with Crippen molar-refractivity contribution in [2.75, 3.05) is 5.32 Å². The molecule has 0 saturated heterocycles. The molecular formula is C22H20F3N3O4. The monoisotopic (exact) mass is 447 g/mol. The number of aryl methyl sites for hydroxylation is 1. The van der Waals surface area contributed by atoms with Crippen LogP contribution in [0, 0.1) is 0 Å². The SMILES string of the molecule is CC(C)OC(=O)c1ccc(NC(=O)CCc2nnc(-c3cccc(C(F)(F)F)c3)o2)cc1. The van der Waals surface area contributed by atoms with Gasteiger partial charge in [-0.05, 0) is 56.3 Å². The van der Waals surface area contributed by atoms with Crippen molar-refractivity contribution < 1.29 is 31.9 Å². The number of ether oxygens (including phenoxy) is 1. The van der Waals surface area contributed by atoms with E-state index in [1.807, 2.05) is 0 Å². The Bertz CT molecular complexity index is 1090. The number of aromatic nitrogens is 2. The number of esters is 1. The van der Waals surface area contributed by atoms with E-state index in [2.05, 4.69) is 15.5 Å². The van der Waals surface area contributed by atoms with E-state index in [1.54, 1.807) is 38.1 Å². The van der Waals surface area contributed by atoms with Gasteiger partial charge in [0.15, 0.2) is 0 Å². The van der Waals surface area contributed by atoms with Gasteiger partial charge in [0, 0.05) is 24.1 Å². The van der Waals surface area contributed by atoms with Crippen LogP contribution in [0.25, 0.3) is 11.5 Å². The number of anilines is 1. The summed E-state index contributed by atoms with van der Waals surface area (Å²) in [7, 11) is 0. The van der Waals surface area contributed by atoms with Crippen LogP contribution < -0.4 is 5.32 Å². The summed E-state index contributed by atoms with van der Waals surface area (Å²) < 4.78 is 49.1. The molecule has 1 heterocycles. The second-order valence-electron chi connectivity index (χ2n) is 7.16. The maximum Gasteiger partial charge on any atom is 0.416 e. The van der Waals surface area contributed by atoms with Crippen molar-refractivity contribution in [3.8, 4) is 11.5 Å². The van der Waals surface area contributed by atoms with Gasteiger partial charge in [0.1, 0.15) is 0 Å². The zero-order chi connectivity index (χ0) is 23.3. The molecule has 0 bridgehead atoms. The molecule has 1 amide bonds. The number of halogens is 3. The smallest absolute Gasteiger partial charge is 0.416 e. The number of rotatable bonds is 7. The summed E-state index contributed by atoms with van der Waals surface area (Å²) in [5.74, 6) is -0.720. The van der Waals surface area contributed by atoms with Crippen molar-refractivity contribution in [1.82, 2.24) is 10.2 Å². The van der Waals surface area contributed by atoms with Crippen LogP contribution in [0.5, 0.6) is 0 Å². The molecule has 0 aliphatic heterocycles. The van der Waals surface area contributed by atoms with E-state index in [4.69, 9.17) is 9.15 Å². The van der Waals surface area contributed by atoms with Crippen molar-refractivity contribution in [3.05, 3.63) is 65.5 Å². The van der Waals surface area contributed by atoms with Crippen LogP contribution in [0.4, 0.5) is 18.9 Å². The third-order valence-corrected chi connectivity index (χ3v) is 4.22. The summed E-state index contributed by atoms with van der Waals surface area (Å²) in [4.78, 5) is 24.0. The van der Waals surface area contributed by atoms with E-state index in [1.165, 1.54) is 12.1 Å². The number of hydrogen-bond acceptors (Lipinski definition) is 6.